The predicted octanol–water partition coefficient (Wildman–Crippen LogP) is 5.84. The molecule has 1 aliphatic rings. The number of esters is 2. The van der Waals surface area contributed by atoms with Crippen molar-refractivity contribution in [1.82, 2.24) is 4.90 Å². The Morgan fingerprint density at radius 1 is 0.941 bits per heavy atom. The maximum absolute atomic E-state index is 14.3. The number of aromatic hydroxyl groups is 1. The Kier molecular flexibility index (Phi) is 12.6. The summed E-state index contributed by atoms with van der Waals surface area (Å²) in [4.78, 5) is 58.2. The van der Waals surface area contributed by atoms with Gasteiger partial charge in [-0.05, 0) is 68.7 Å². The number of nitrogens with two attached hydrogens (primary N) is 1. The minimum absolute atomic E-state index is 0.00348. The van der Waals surface area contributed by atoms with E-state index in [2.05, 4.69) is 4.99 Å². The van der Waals surface area contributed by atoms with Crippen LogP contribution in [0.25, 0.3) is 6.08 Å². The van der Waals surface area contributed by atoms with Crippen molar-refractivity contribution in [3.05, 3.63) is 100 Å². The van der Waals surface area contributed by atoms with Crippen molar-refractivity contribution in [2.75, 3.05) is 37.7 Å². The molecule has 2 amide bonds. The van der Waals surface area contributed by atoms with Crippen molar-refractivity contribution in [3.8, 4) is 5.75 Å². The summed E-state index contributed by atoms with van der Waals surface area (Å²) in [7, 11) is 0. The van der Waals surface area contributed by atoms with Gasteiger partial charge in [-0.25, -0.2) is 9.59 Å². The van der Waals surface area contributed by atoms with E-state index in [1.807, 2.05) is 0 Å². The van der Waals surface area contributed by atoms with Gasteiger partial charge in [0.2, 0.25) is 5.91 Å². The highest BCUT2D eigenvalue weighted by atomic mass is 19.4. The summed E-state index contributed by atoms with van der Waals surface area (Å²) in [6.07, 6.45) is -0.644. The van der Waals surface area contributed by atoms with Crippen molar-refractivity contribution >= 4 is 41.4 Å². The highest BCUT2D eigenvalue weighted by Crippen LogP contribution is 2.42. The normalized spacial score (nSPS) is 14.0. The number of anilines is 1. The zero-order chi connectivity index (χ0) is 37.3. The molecule has 1 fully saturated rings. The smallest absolute Gasteiger partial charge is 0.421 e. The highest BCUT2D eigenvalue weighted by Gasteiger charge is 2.39. The summed E-state index contributed by atoms with van der Waals surface area (Å²) in [5.74, 6) is -3.52. The number of halogens is 3. The topological polar surface area (TPSA) is 152 Å². The molecule has 270 valence electrons. The van der Waals surface area contributed by atoms with Crippen molar-refractivity contribution in [2.45, 2.75) is 45.8 Å². The number of ether oxygens (including phenoxy) is 2. The SMILES string of the molecule is CCOC(=O)c1ccc(C(=O)N(C/C=C\c2cccc(C(N)=NC3CCN(C(C)=O)CC3)c2)c2cccc(O)c2C(F)(F)F)cc1C(=O)OCC. The molecule has 0 aromatic heterocycles. The van der Waals surface area contributed by atoms with E-state index in [0.717, 1.165) is 23.1 Å². The second-order valence-electron chi connectivity index (χ2n) is 11.6. The zero-order valence-corrected chi connectivity index (χ0v) is 28.4. The van der Waals surface area contributed by atoms with Crippen LogP contribution in [0.5, 0.6) is 5.75 Å². The molecule has 3 aromatic rings. The van der Waals surface area contributed by atoms with E-state index in [1.165, 1.54) is 31.2 Å². The molecule has 0 saturated carbocycles. The molecule has 0 aliphatic carbocycles. The van der Waals surface area contributed by atoms with Gasteiger partial charge < -0.3 is 30.1 Å². The molecule has 0 spiro atoms. The predicted molar refractivity (Wildman–Crippen MR) is 185 cm³/mol. The molecule has 3 N–H and O–H groups in total. The van der Waals surface area contributed by atoms with Crippen molar-refractivity contribution < 1.29 is 46.9 Å². The van der Waals surface area contributed by atoms with Gasteiger partial charge in [0, 0.05) is 37.7 Å². The molecule has 0 radical (unpaired) electrons. The number of aliphatic imine (C=N–C) groups is 1. The number of phenolic OH excluding ortho intramolecular Hbond substituents is 1. The molecule has 1 saturated heterocycles. The standard InChI is InChI=1S/C37H39F3N4O7/c1-4-50-35(48)28-15-14-26(22-29(28)36(49)51-5-2)34(47)44(30-12-7-13-31(46)32(30)37(38,39)40)18-8-10-24-9-6-11-25(21-24)33(41)42-27-16-19-43(20-17-27)23(3)45/h6-15,21-22,27,46H,4-5,16-20H2,1-3H3,(H2,41,42)/b10-8-. The van der Waals surface area contributed by atoms with Crippen molar-refractivity contribution in [1.29, 1.82) is 0 Å². The molecule has 4 rings (SSSR count). The van der Waals surface area contributed by atoms with Crippen LogP contribution < -0.4 is 10.6 Å². The number of carbonyl (C=O) groups is 4. The number of rotatable bonds is 11. The number of benzene rings is 3. The largest absolute Gasteiger partial charge is 0.507 e. The Hall–Kier alpha value is -5.66. The minimum Gasteiger partial charge on any atom is -0.507 e. The van der Waals surface area contributed by atoms with Gasteiger partial charge in [-0.2, -0.15) is 13.2 Å². The summed E-state index contributed by atoms with van der Waals surface area (Å²) < 4.78 is 52.9. The number of hydrogen-bond acceptors (Lipinski definition) is 8. The summed E-state index contributed by atoms with van der Waals surface area (Å²) in [5, 5.41) is 10.3. The molecule has 0 unspecified atom stereocenters. The number of hydrogen-bond donors (Lipinski definition) is 2. The van der Waals surface area contributed by atoms with Crippen LogP contribution in [-0.4, -0.2) is 78.5 Å². The second-order valence-corrected chi connectivity index (χ2v) is 11.6. The first-order valence-electron chi connectivity index (χ1n) is 16.3. The van der Waals surface area contributed by atoms with Crippen LogP contribution in [0, 0.1) is 0 Å². The molecule has 51 heavy (non-hydrogen) atoms. The molecular weight excluding hydrogens is 669 g/mol. The third-order valence-corrected chi connectivity index (χ3v) is 8.11. The first-order chi connectivity index (χ1) is 24.2. The summed E-state index contributed by atoms with van der Waals surface area (Å²) in [5.41, 5.74) is 4.76. The number of likely N-dealkylation sites (tertiary alicyclic amines) is 1. The van der Waals surface area contributed by atoms with E-state index in [4.69, 9.17) is 15.2 Å². The van der Waals surface area contributed by atoms with Crippen molar-refractivity contribution in [3.63, 3.8) is 0 Å². The maximum Gasteiger partial charge on any atom is 0.421 e. The molecule has 1 aliphatic heterocycles. The second kappa shape index (κ2) is 16.8. The van der Waals surface area contributed by atoms with Gasteiger partial charge in [-0.1, -0.05) is 36.4 Å². The fraction of sp³-hybridized carbons (Fsp3) is 0.324. The minimum atomic E-state index is -5.04. The lowest BCUT2D eigenvalue weighted by molar-refractivity contribution is -0.138. The summed E-state index contributed by atoms with van der Waals surface area (Å²) >= 11 is 0. The third kappa shape index (κ3) is 9.53. The Labute approximate surface area is 293 Å². The first-order valence-corrected chi connectivity index (χ1v) is 16.3. The average Bonchev–Trinajstić information content (AvgIpc) is 3.09. The maximum atomic E-state index is 14.3. The van der Waals surface area contributed by atoms with Crippen LogP contribution in [0.3, 0.4) is 0 Å². The van der Waals surface area contributed by atoms with E-state index in [0.29, 0.717) is 42.9 Å². The molecule has 11 nitrogen and oxygen atoms in total. The Bertz CT molecular complexity index is 1830. The lowest BCUT2D eigenvalue weighted by Crippen LogP contribution is -2.38. The van der Waals surface area contributed by atoms with E-state index in [9.17, 15) is 37.5 Å². The fourth-order valence-corrected chi connectivity index (χ4v) is 5.61. The van der Waals surface area contributed by atoms with Gasteiger partial charge in [0.05, 0.1) is 36.1 Å². The Morgan fingerprint density at radius 2 is 1.59 bits per heavy atom. The number of carbonyl (C=O) groups excluding carboxylic acids is 4. The molecule has 1 heterocycles. The lowest BCUT2D eigenvalue weighted by atomic mass is 10.0. The average molecular weight is 709 g/mol. The zero-order valence-electron chi connectivity index (χ0n) is 28.4. The van der Waals surface area contributed by atoms with Crippen molar-refractivity contribution in [2.24, 2.45) is 10.7 Å². The fourth-order valence-electron chi connectivity index (χ4n) is 5.61. The van der Waals surface area contributed by atoms with Crippen LogP contribution in [-0.2, 0) is 20.4 Å². The van der Waals surface area contributed by atoms with Gasteiger partial charge in [0.1, 0.15) is 17.1 Å². The van der Waals surface area contributed by atoms with Crippen LogP contribution in [0.1, 0.15) is 81.4 Å². The van der Waals surface area contributed by atoms with Crippen LogP contribution >= 0.6 is 0 Å². The van der Waals surface area contributed by atoms with E-state index >= 15 is 0 Å². The molecule has 0 atom stereocenters. The number of piperidine rings is 1. The van der Waals surface area contributed by atoms with Crippen LogP contribution in [0.15, 0.2) is 71.7 Å². The number of nitrogens with zero attached hydrogens (tertiary/aromatic N) is 3. The molecule has 14 heteroatoms. The molecule has 0 bridgehead atoms. The van der Waals surface area contributed by atoms with Gasteiger partial charge in [-0.3, -0.25) is 14.6 Å². The number of amides is 2. The van der Waals surface area contributed by atoms with E-state index in [1.54, 1.807) is 49.1 Å². The number of amidine groups is 1. The number of phenols is 1. The quantitative estimate of drug-likeness (QED) is 0.143. The van der Waals surface area contributed by atoms with Gasteiger partial charge in [-0.15, -0.1) is 0 Å². The van der Waals surface area contributed by atoms with Crippen LogP contribution in [0.4, 0.5) is 18.9 Å². The Balaban J connectivity index is 1.68. The molecular formula is C37H39F3N4O7. The lowest BCUT2D eigenvalue weighted by Gasteiger charge is -2.29. The third-order valence-electron chi connectivity index (χ3n) is 8.11. The highest BCUT2D eigenvalue weighted by molar-refractivity contribution is 6.10. The number of alkyl halides is 3. The van der Waals surface area contributed by atoms with Crippen LogP contribution in [0.2, 0.25) is 0 Å². The van der Waals surface area contributed by atoms with Gasteiger partial charge in [0.25, 0.3) is 5.91 Å². The molecule has 3 aromatic carbocycles. The summed E-state index contributed by atoms with van der Waals surface area (Å²) in [6.45, 7) is 5.37. The van der Waals surface area contributed by atoms with E-state index in [-0.39, 0.29) is 41.9 Å². The first kappa shape index (κ1) is 38.1. The summed E-state index contributed by atoms with van der Waals surface area (Å²) in [6, 6.07) is 13.4. The van der Waals surface area contributed by atoms with E-state index < -0.39 is 47.6 Å². The van der Waals surface area contributed by atoms with Gasteiger partial charge >= 0.3 is 18.1 Å². The Morgan fingerprint density at radius 3 is 2.22 bits per heavy atom. The monoisotopic (exact) mass is 708 g/mol. The van der Waals surface area contributed by atoms with Gasteiger partial charge in [0.15, 0.2) is 0 Å².